The average molecular weight is 348 g/mol. The summed E-state index contributed by atoms with van der Waals surface area (Å²) in [7, 11) is 4.19. The van der Waals surface area contributed by atoms with Crippen molar-refractivity contribution in [3.63, 3.8) is 0 Å². The van der Waals surface area contributed by atoms with E-state index in [2.05, 4.69) is 79.7 Å². The maximum atomic E-state index is 6.07. The zero-order valence-corrected chi connectivity index (χ0v) is 14.2. The van der Waals surface area contributed by atoms with Crippen LogP contribution in [-0.4, -0.2) is 31.8 Å². The van der Waals surface area contributed by atoms with Gasteiger partial charge in [-0.2, -0.15) is 0 Å². The summed E-state index contributed by atoms with van der Waals surface area (Å²) in [5.74, 6) is 0. The van der Waals surface area contributed by atoms with Gasteiger partial charge in [-0.25, -0.2) is 0 Å². The van der Waals surface area contributed by atoms with Crippen LogP contribution in [0.2, 0.25) is 0 Å². The molecule has 1 aliphatic rings. The molecule has 0 aromatic heterocycles. The molecule has 0 aliphatic carbocycles. The van der Waals surface area contributed by atoms with Crippen LogP contribution in [0, 0.1) is 0 Å². The van der Waals surface area contributed by atoms with Crippen molar-refractivity contribution in [1.29, 1.82) is 0 Å². The Morgan fingerprint density at radius 3 is 1.81 bits per heavy atom. The van der Waals surface area contributed by atoms with Gasteiger partial charge in [0.2, 0.25) is 0 Å². The largest absolute Gasteiger partial charge is 0.362 e. The zero-order chi connectivity index (χ0) is 14.0. The smallest absolute Gasteiger partial charge is 0.124 e. The summed E-state index contributed by atoms with van der Waals surface area (Å²) in [6, 6.07) is 21.5. The summed E-state index contributed by atoms with van der Waals surface area (Å²) in [6.45, 7) is 0.798. The lowest BCUT2D eigenvalue weighted by Gasteiger charge is -2.38. The number of likely N-dealkylation sites (N-methyl/N-ethyl adjacent to an activating group) is 1. The first-order chi connectivity index (χ1) is 9.75. The molecule has 1 unspecified atom stereocenters. The van der Waals surface area contributed by atoms with Crippen molar-refractivity contribution in [1.82, 2.24) is 4.90 Å². The van der Waals surface area contributed by atoms with Crippen molar-refractivity contribution < 1.29 is 4.74 Å². The van der Waals surface area contributed by atoms with E-state index in [-0.39, 0.29) is 28.6 Å². The molecule has 2 aromatic carbocycles. The molecule has 1 saturated heterocycles. The molecule has 0 radical (unpaired) electrons. The van der Waals surface area contributed by atoms with Crippen molar-refractivity contribution in [2.45, 2.75) is 18.1 Å². The number of rotatable bonds is 3. The number of benzene rings is 2. The highest BCUT2D eigenvalue weighted by atomic mass is 79.9. The highest BCUT2D eigenvalue weighted by molar-refractivity contribution is 8.93. The Balaban J connectivity index is 0.00000161. The number of ether oxygens (including phenoxy) is 1. The Hall–Kier alpha value is -1.16. The Morgan fingerprint density at radius 1 is 0.905 bits per heavy atom. The van der Waals surface area contributed by atoms with E-state index >= 15 is 0 Å². The van der Waals surface area contributed by atoms with Crippen molar-refractivity contribution in [3.8, 4) is 0 Å². The third-order valence-electron chi connectivity index (χ3n) is 4.24. The summed E-state index contributed by atoms with van der Waals surface area (Å²) < 4.78 is 6.07. The second-order valence-electron chi connectivity index (χ2n) is 5.64. The summed E-state index contributed by atoms with van der Waals surface area (Å²) in [5, 5.41) is 0. The zero-order valence-electron chi connectivity index (χ0n) is 12.5. The quantitative estimate of drug-likeness (QED) is 0.835. The van der Waals surface area contributed by atoms with Crippen molar-refractivity contribution >= 4 is 17.0 Å². The highest BCUT2D eigenvalue weighted by Crippen LogP contribution is 2.44. The molecule has 0 N–H and O–H groups in total. The highest BCUT2D eigenvalue weighted by Gasteiger charge is 2.47. The minimum Gasteiger partial charge on any atom is -0.362 e. The fourth-order valence-corrected chi connectivity index (χ4v) is 3.40. The number of hydrogen-bond acceptors (Lipinski definition) is 2. The maximum absolute atomic E-state index is 6.07. The molecule has 1 aliphatic heterocycles. The van der Waals surface area contributed by atoms with E-state index < -0.39 is 0 Å². The molecule has 0 bridgehead atoms. The average Bonchev–Trinajstić information content (AvgIpc) is 2.95. The molecule has 112 valence electrons. The topological polar surface area (TPSA) is 12.5 Å². The molecular weight excluding hydrogens is 326 g/mol. The van der Waals surface area contributed by atoms with Crippen LogP contribution < -0.4 is 0 Å². The summed E-state index contributed by atoms with van der Waals surface area (Å²) in [5.41, 5.74) is 2.59. The Morgan fingerprint density at radius 2 is 1.38 bits per heavy atom. The van der Waals surface area contributed by atoms with Crippen LogP contribution >= 0.6 is 17.0 Å². The minimum atomic E-state index is -0.0774. The lowest BCUT2D eigenvalue weighted by molar-refractivity contribution is -0.0154. The van der Waals surface area contributed by atoms with Crippen LogP contribution in [0.3, 0.4) is 0 Å². The lowest BCUT2D eigenvalue weighted by Crippen LogP contribution is -2.45. The fourth-order valence-electron chi connectivity index (χ4n) is 3.40. The third kappa shape index (κ3) is 2.78. The molecule has 1 atom stereocenters. The van der Waals surface area contributed by atoms with Crippen LogP contribution in [-0.2, 0) is 10.2 Å². The molecule has 2 aromatic rings. The van der Waals surface area contributed by atoms with Crippen LogP contribution in [0.5, 0.6) is 0 Å². The Labute approximate surface area is 137 Å². The summed E-state index contributed by atoms with van der Waals surface area (Å²) in [6.07, 6.45) is 1.09. The Kier molecular flexibility index (Phi) is 5.20. The van der Waals surface area contributed by atoms with Gasteiger partial charge in [-0.15, -0.1) is 17.0 Å². The van der Waals surface area contributed by atoms with E-state index in [9.17, 15) is 0 Å². The van der Waals surface area contributed by atoms with E-state index in [0.29, 0.717) is 0 Å². The first kappa shape index (κ1) is 16.2. The van der Waals surface area contributed by atoms with Crippen molar-refractivity contribution in [3.05, 3.63) is 71.8 Å². The second kappa shape index (κ2) is 6.73. The van der Waals surface area contributed by atoms with Gasteiger partial charge in [0.25, 0.3) is 0 Å². The van der Waals surface area contributed by atoms with Gasteiger partial charge in [0.15, 0.2) is 0 Å². The van der Waals surface area contributed by atoms with Gasteiger partial charge in [0.05, 0.1) is 12.0 Å². The second-order valence-corrected chi connectivity index (χ2v) is 5.64. The van der Waals surface area contributed by atoms with Crippen molar-refractivity contribution in [2.24, 2.45) is 0 Å². The SMILES string of the molecule is Br.CN(C)C1OCCC1(c1ccccc1)c1ccccc1. The molecule has 1 fully saturated rings. The van der Waals surface area contributed by atoms with Gasteiger partial charge in [0.1, 0.15) is 6.23 Å². The van der Waals surface area contributed by atoms with Gasteiger partial charge in [0, 0.05) is 0 Å². The molecule has 1 heterocycles. The maximum Gasteiger partial charge on any atom is 0.124 e. The predicted octanol–water partition coefficient (Wildman–Crippen LogP) is 3.86. The summed E-state index contributed by atoms with van der Waals surface area (Å²) in [4.78, 5) is 2.19. The minimum absolute atomic E-state index is 0. The molecule has 0 spiro atoms. The normalized spacial score (nSPS) is 20.2. The standard InChI is InChI=1S/C18H21NO.BrH/c1-19(2)17-18(13-14-20-17,15-9-5-3-6-10-15)16-11-7-4-8-12-16;/h3-12,17H,13-14H2,1-2H3;1H. The van der Waals surface area contributed by atoms with Crippen LogP contribution in [0.15, 0.2) is 60.7 Å². The van der Waals surface area contributed by atoms with E-state index in [1.54, 1.807) is 0 Å². The lowest BCUT2D eigenvalue weighted by atomic mass is 9.71. The summed E-state index contributed by atoms with van der Waals surface area (Å²) >= 11 is 0. The molecular formula is C18H22BrNO. The fraction of sp³-hybridized carbons (Fsp3) is 0.333. The first-order valence-electron chi connectivity index (χ1n) is 7.14. The van der Waals surface area contributed by atoms with Gasteiger partial charge < -0.3 is 4.74 Å². The molecule has 21 heavy (non-hydrogen) atoms. The van der Waals surface area contributed by atoms with Crippen LogP contribution in [0.4, 0.5) is 0 Å². The molecule has 2 nitrogen and oxygen atoms in total. The predicted molar refractivity (Wildman–Crippen MR) is 92.0 cm³/mol. The molecule has 3 heteroatoms. The monoisotopic (exact) mass is 347 g/mol. The van der Waals surface area contributed by atoms with E-state index in [1.165, 1.54) is 11.1 Å². The van der Waals surface area contributed by atoms with Gasteiger partial charge in [-0.1, -0.05) is 60.7 Å². The van der Waals surface area contributed by atoms with E-state index in [0.717, 1.165) is 13.0 Å². The van der Waals surface area contributed by atoms with Gasteiger partial charge in [-0.3, -0.25) is 4.90 Å². The molecule has 3 rings (SSSR count). The van der Waals surface area contributed by atoms with Crippen LogP contribution in [0.25, 0.3) is 0 Å². The Bertz CT molecular complexity index is 516. The molecule has 0 amide bonds. The third-order valence-corrected chi connectivity index (χ3v) is 4.24. The molecule has 0 saturated carbocycles. The van der Waals surface area contributed by atoms with Gasteiger partial charge in [-0.05, 0) is 31.6 Å². The number of halogens is 1. The van der Waals surface area contributed by atoms with Gasteiger partial charge >= 0.3 is 0 Å². The van der Waals surface area contributed by atoms with Crippen molar-refractivity contribution in [2.75, 3.05) is 20.7 Å². The van der Waals surface area contributed by atoms with E-state index in [1.807, 2.05) is 0 Å². The van der Waals surface area contributed by atoms with E-state index in [4.69, 9.17) is 4.74 Å². The number of nitrogens with zero attached hydrogens (tertiary/aromatic N) is 1. The van der Waals surface area contributed by atoms with Crippen LogP contribution in [0.1, 0.15) is 17.5 Å². The number of hydrogen-bond donors (Lipinski definition) is 0. The first-order valence-corrected chi connectivity index (χ1v) is 7.14.